The van der Waals surface area contributed by atoms with Crippen LogP contribution < -0.4 is 0 Å². The van der Waals surface area contributed by atoms with Gasteiger partial charge in [-0.15, -0.1) is 0 Å². The molecule has 1 atom stereocenters. The Morgan fingerprint density at radius 2 is 1.95 bits per heavy atom. The van der Waals surface area contributed by atoms with Crippen molar-refractivity contribution in [3.8, 4) is 0 Å². The average molecular weight is 280 g/mol. The molecule has 21 heavy (non-hydrogen) atoms. The van der Waals surface area contributed by atoms with Gasteiger partial charge >= 0.3 is 5.97 Å². The number of rotatable bonds is 2. The second-order valence-corrected chi connectivity index (χ2v) is 5.88. The van der Waals surface area contributed by atoms with Crippen molar-refractivity contribution < 1.29 is 9.53 Å². The van der Waals surface area contributed by atoms with Crippen LogP contribution in [0.25, 0.3) is 11.1 Å². The van der Waals surface area contributed by atoms with E-state index in [0.29, 0.717) is 0 Å². The molecule has 0 saturated heterocycles. The number of ether oxygens (including phenoxy) is 1. The Hall–Kier alpha value is -2.09. The summed E-state index contributed by atoms with van der Waals surface area (Å²) in [5.41, 5.74) is 5.61. The third kappa shape index (κ3) is 2.35. The number of carbonyl (C=O) groups excluding carboxylic acids is 1. The molecular formula is C19H20O2. The van der Waals surface area contributed by atoms with E-state index in [1.54, 1.807) is 0 Å². The molecule has 2 nitrogen and oxygen atoms in total. The molecule has 1 unspecified atom stereocenters. The maximum absolute atomic E-state index is 12.3. The largest absolute Gasteiger partial charge is 0.460 e. The number of allylic oxidation sites excluding steroid dienone is 5. The molecule has 2 aliphatic carbocycles. The third-order valence-corrected chi connectivity index (χ3v) is 4.09. The van der Waals surface area contributed by atoms with Crippen LogP contribution in [-0.4, -0.2) is 12.1 Å². The lowest BCUT2D eigenvalue weighted by atomic mass is 9.87. The van der Waals surface area contributed by atoms with Gasteiger partial charge in [0.25, 0.3) is 0 Å². The summed E-state index contributed by atoms with van der Waals surface area (Å²) in [5, 5.41) is 0. The van der Waals surface area contributed by atoms with E-state index in [4.69, 9.17) is 4.74 Å². The first-order chi connectivity index (χ1) is 10.1. The van der Waals surface area contributed by atoms with Gasteiger partial charge in [0, 0.05) is 11.5 Å². The van der Waals surface area contributed by atoms with Crippen LogP contribution in [0.4, 0.5) is 0 Å². The molecule has 1 aromatic rings. The molecule has 0 radical (unpaired) electrons. The second kappa shape index (κ2) is 5.36. The van der Waals surface area contributed by atoms with Gasteiger partial charge in [0.2, 0.25) is 0 Å². The van der Waals surface area contributed by atoms with Crippen LogP contribution in [0.15, 0.2) is 48.1 Å². The molecule has 0 N–H and O–H groups in total. The maximum atomic E-state index is 12.3. The molecule has 0 bridgehead atoms. The summed E-state index contributed by atoms with van der Waals surface area (Å²) in [6, 6.07) is 8.34. The number of esters is 1. The van der Waals surface area contributed by atoms with E-state index >= 15 is 0 Å². The van der Waals surface area contributed by atoms with Gasteiger partial charge in [0.1, 0.15) is 0 Å². The summed E-state index contributed by atoms with van der Waals surface area (Å²) >= 11 is 0. The Kier molecular flexibility index (Phi) is 3.54. The van der Waals surface area contributed by atoms with Gasteiger partial charge in [-0.25, -0.2) is 4.79 Å². The zero-order chi connectivity index (χ0) is 15.0. The highest BCUT2D eigenvalue weighted by molar-refractivity contribution is 6.05. The smallest absolute Gasteiger partial charge is 0.334 e. The molecule has 2 aliphatic rings. The van der Waals surface area contributed by atoms with Gasteiger partial charge in [-0.1, -0.05) is 42.5 Å². The summed E-state index contributed by atoms with van der Waals surface area (Å²) in [6.45, 7) is 5.65. The van der Waals surface area contributed by atoms with Gasteiger partial charge in [-0.3, -0.25) is 0 Å². The quantitative estimate of drug-likeness (QED) is 0.593. The Bertz CT molecular complexity index is 675. The predicted molar refractivity (Wildman–Crippen MR) is 85.5 cm³/mol. The number of hydrogen-bond donors (Lipinski definition) is 0. The van der Waals surface area contributed by atoms with Crippen LogP contribution in [0.2, 0.25) is 0 Å². The molecule has 1 aromatic carbocycles. The minimum Gasteiger partial charge on any atom is -0.460 e. The fourth-order valence-corrected chi connectivity index (χ4v) is 3.21. The van der Waals surface area contributed by atoms with Crippen LogP contribution in [0.1, 0.15) is 38.3 Å². The van der Waals surface area contributed by atoms with Crippen molar-refractivity contribution in [2.45, 2.75) is 33.3 Å². The normalized spacial score (nSPS) is 21.7. The second-order valence-electron chi connectivity index (χ2n) is 5.88. The first kappa shape index (κ1) is 13.9. The molecule has 0 aromatic heterocycles. The first-order valence-corrected chi connectivity index (χ1v) is 7.48. The van der Waals surface area contributed by atoms with E-state index < -0.39 is 0 Å². The lowest BCUT2D eigenvalue weighted by molar-refractivity contribution is -0.142. The van der Waals surface area contributed by atoms with Gasteiger partial charge in [0.15, 0.2) is 0 Å². The Morgan fingerprint density at radius 3 is 2.67 bits per heavy atom. The van der Waals surface area contributed by atoms with Gasteiger partial charge in [0.05, 0.1) is 6.10 Å². The zero-order valence-corrected chi connectivity index (χ0v) is 12.7. The van der Waals surface area contributed by atoms with Crippen LogP contribution in [0.3, 0.4) is 0 Å². The van der Waals surface area contributed by atoms with Crippen molar-refractivity contribution in [3.63, 3.8) is 0 Å². The van der Waals surface area contributed by atoms with Crippen LogP contribution in [0.5, 0.6) is 0 Å². The SMILES string of the molecule is C/C(C(=O)OC(C)C)=C1/c2ccccc2C2=CC=CCC21. The minimum atomic E-state index is -0.203. The summed E-state index contributed by atoms with van der Waals surface area (Å²) in [5.74, 6) is 0.0812. The fraction of sp³-hybridized carbons (Fsp3) is 0.316. The molecule has 108 valence electrons. The molecule has 0 aliphatic heterocycles. The Morgan fingerprint density at radius 1 is 1.24 bits per heavy atom. The van der Waals surface area contributed by atoms with E-state index in [1.165, 1.54) is 16.7 Å². The first-order valence-electron chi connectivity index (χ1n) is 7.48. The van der Waals surface area contributed by atoms with Crippen LogP contribution in [-0.2, 0) is 9.53 Å². The summed E-state index contributed by atoms with van der Waals surface area (Å²) < 4.78 is 5.38. The lowest BCUT2D eigenvalue weighted by Crippen LogP contribution is -2.14. The van der Waals surface area contributed by atoms with E-state index in [9.17, 15) is 4.79 Å². The summed E-state index contributed by atoms with van der Waals surface area (Å²) in [7, 11) is 0. The van der Waals surface area contributed by atoms with Crippen molar-refractivity contribution in [3.05, 3.63) is 59.2 Å². The minimum absolute atomic E-state index is 0.0917. The van der Waals surface area contributed by atoms with E-state index in [2.05, 4.69) is 36.4 Å². The molecular weight excluding hydrogens is 260 g/mol. The molecule has 0 amide bonds. The van der Waals surface area contributed by atoms with Crippen molar-refractivity contribution in [1.82, 2.24) is 0 Å². The molecule has 3 rings (SSSR count). The highest BCUT2D eigenvalue weighted by atomic mass is 16.5. The van der Waals surface area contributed by atoms with Gasteiger partial charge in [-0.05, 0) is 49.5 Å². The number of carbonyl (C=O) groups is 1. The monoisotopic (exact) mass is 280 g/mol. The average Bonchev–Trinajstić information content (AvgIpc) is 2.80. The van der Waals surface area contributed by atoms with Gasteiger partial charge < -0.3 is 4.74 Å². The molecule has 0 heterocycles. The fourth-order valence-electron chi connectivity index (χ4n) is 3.21. The van der Waals surface area contributed by atoms with Crippen molar-refractivity contribution >= 4 is 17.1 Å². The van der Waals surface area contributed by atoms with Crippen molar-refractivity contribution in [2.75, 3.05) is 0 Å². The zero-order valence-electron chi connectivity index (χ0n) is 12.7. The molecule has 0 fully saturated rings. The number of fused-ring (bicyclic) bond motifs is 3. The van der Waals surface area contributed by atoms with Crippen LogP contribution >= 0.6 is 0 Å². The Labute approximate surface area is 125 Å². The molecule has 0 spiro atoms. The van der Waals surface area contributed by atoms with E-state index in [0.717, 1.165) is 17.6 Å². The Balaban J connectivity index is 2.12. The van der Waals surface area contributed by atoms with Crippen LogP contribution in [0, 0.1) is 5.92 Å². The van der Waals surface area contributed by atoms with Gasteiger partial charge in [-0.2, -0.15) is 0 Å². The van der Waals surface area contributed by atoms with E-state index in [1.807, 2.05) is 26.8 Å². The predicted octanol–water partition coefficient (Wildman–Crippen LogP) is 4.38. The lowest BCUT2D eigenvalue weighted by Gasteiger charge is -2.18. The summed E-state index contributed by atoms with van der Waals surface area (Å²) in [4.78, 5) is 12.3. The standard InChI is InChI=1S/C19H20O2/c1-12(2)21-19(20)13(3)18-16-10-6-4-8-14(16)15-9-5-7-11-17(15)18/h4-10,12,17H,11H2,1-3H3/b18-13+. The van der Waals surface area contributed by atoms with Crippen molar-refractivity contribution in [2.24, 2.45) is 5.92 Å². The highest BCUT2D eigenvalue weighted by Crippen LogP contribution is 2.49. The van der Waals surface area contributed by atoms with E-state index in [-0.39, 0.29) is 18.0 Å². The molecule has 2 heteroatoms. The third-order valence-electron chi connectivity index (χ3n) is 4.09. The number of benzene rings is 1. The number of hydrogen-bond acceptors (Lipinski definition) is 2. The topological polar surface area (TPSA) is 26.3 Å². The molecule has 0 saturated carbocycles. The van der Waals surface area contributed by atoms with Crippen molar-refractivity contribution in [1.29, 1.82) is 0 Å². The maximum Gasteiger partial charge on any atom is 0.334 e. The highest BCUT2D eigenvalue weighted by Gasteiger charge is 2.34. The summed E-state index contributed by atoms with van der Waals surface area (Å²) in [6.07, 6.45) is 7.29.